The zero-order chi connectivity index (χ0) is 34.4. The Bertz CT molecular complexity index is 3340. The van der Waals surface area contributed by atoms with Crippen LogP contribution in [0.2, 0.25) is 0 Å². The minimum atomic E-state index is 1.18. The molecule has 53 heavy (non-hydrogen) atoms. The van der Waals surface area contributed by atoms with Crippen LogP contribution in [-0.2, 0) is 0 Å². The highest BCUT2D eigenvalue weighted by atomic mass is 15.0. The van der Waals surface area contributed by atoms with Gasteiger partial charge in [-0.15, -0.1) is 0 Å². The van der Waals surface area contributed by atoms with Crippen molar-refractivity contribution in [3.8, 4) is 11.4 Å². The van der Waals surface area contributed by atoms with Crippen molar-refractivity contribution in [2.45, 2.75) is 0 Å². The number of nitrogens with zero attached hydrogens (tertiary/aromatic N) is 3. The lowest BCUT2D eigenvalue weighted by Gasteiger charge is -2.10. The molecule has 4 aromatic heterocycles. The van der Waals surface area contributed by atoms with Crippen LogP contribution in [0.4, 0.5) is 0 Å². The zero-order valence-corrected chi connectivity index (χ0v) is 28.6. The van der Waals surface area contributed by atoms with E-state index in [1.165, 1.54) is 115 Å². The predicted molar refractivity (Wildman–Crippen MR) is 225 cm³/mol. The first-order chi connectivity index (χ1) is 26.3. The van der Waals surface area contributed by atoms with E-state index in [1.54, 1.807) is 0 Å². The third-order valence-electron chi connectivity index (χ3n) is 11.9. The molecule has 0 saturated carbocycles. The number of fused-ring (bicyclic) bond motifs is 14. The molecular formula is C50H29N3. The number of hydrogen-bond donors (Lipinski definition) is 0. The van der Waals surface area contributed by atoms with Crippen LogP contribution in [0.5, 0.6) is 0 Å². The SMILES string of the molecule is c1ccc2c(c1)c1ccccc1n2-c1ccc2cc3c4cccc5c6cc7ccc(-n8c9ccccc9c9ccccc98)cc7cc6n(c3cc2c1)c45. The van der Waals surface area contributed by atoms with Gasteiger partial charge in [-0.3, -0.25) is 0 Å². The summed E-state index contributed by atoms with van der Waals surface area (Å²) in [6.45, 7) is 0. The van der Waals surface area contributed by atoms with Crippen LogP contribution in [0.1, 0.15) is 0 Å². The van der Waals surface area contributed by atoms with Crippen molar-refractivity contribution in [2.75, 3.05) is 0 Å². The summed E-state index contributed by atoms with van der Waals surface area (Å²) in [6.07, 6.45) is 0. The van der Waals surface area contributed by atoms with Gasteiger partial charge in [0, 0.05) is 54.5 Å². The molecule has 4 heterocycles. The Morgan fingerprint density at radius 3 is 1.04 bits per heavy atom. The lowest BCUT2D eigenvalue weighted by molar-refractivity contribution is 1.19. The van der Waals surface area contributed by atoms with E-state index in [0.717, 1.165) is 0 Å². The standard InChI is InChI=1S/C50H29N3/c1-5-16-44-36(10-1)37-11-2-6-17-45(37)51(44)34-22-20-30-26-42-40-14-9-15-41-43-27-31-21-23-35(52-46-18-7-3-12-38(46)39-13-4-8-19-47(39)52)25-33(31)29-49(43)53(50(40)41)48(42)28-32(30)24-34/h1-29H. The van der Waals surface area contributed by atoms with Gasteiger partial charge in [0.25, 0.3) is 0 Å². The quantitative estimate of drug-likeness (QED) is 0.174. The normalized spacial score (nSPS) is 12.5. The largest absolute Gasteiger partial charge is 0.309 e. The van der Waals surface area contributed by atoms with Crippen molar-refractivity contribution < 1.29 is 0 Å². The second-order valence-electron chi connectivity index (χ2n) is 14.6. The second-order valence-corrected chi connectivity index (χ2v) is 14.6. The molecule has 0 aliphatic rings. The van der Waals surface area contributed by atoms with E-state index >= 15 is 0 Å². The first-order valence-corrected chi connectivity index (χ1v) is 18.4. The van der Waals surface area contributed by atoms with Gasteiger partial charge in [-0.25, -0.2) is 0 Å². The Labute approximate surface area is 303 Å². The highest BCUT2D eigenvalue weighted by Crippen LogP contribution is 2.43. The van der Waals surface area contributed by atoms with E-state index in [0.29, 0.717) is 0 Å². The van der Waals surface area contributed by atoms with Crippen molar-refractivity contribution in [3.63, 3.8) is 0 Å². The molecule has 0 aliphatic carbocycles. The van der Waals surface area contributed by atoms with Crippen molar-refractivity contribution in [1.82, 2.24) is 13.5 Å². The summed E-state index contributed by atoms with van der Waals surface area (Å²) in [5, 5.41) is 15.3. The Kier molecular flexibility index (Phi) is 5.11. The fourth-order valence-electron chi connectivity index (χ4n) is 9.62. The molecule has 9 aromatic carbocycles. The molecule has 0 saturated heterocycles. The van der Waals surface area contributed by atoms with Gasteiger partial charge in [0.1, 0.15) is 0 Å². The van der Waals surface area contributed by atoms with Crippen LogP contribution in [0, 0.1) is 0 Å². The lowest BCUT2D eigenvalue weighted by Crippen LogP contribution is -1.94. The topological polar surface area (TPSA) is 14.3 Å². The monoisotopic (exact) mass is 671 g/mol. The fourth-order valence-corrected chi connectivity index (χ4v) is 9.62. The molecule has 244 valence electrons. The molecule has 0 N–H and O–H groups in total. The van der Waals surface area contributed by atoms with Gasteiger partial charge < -0.3 is 13.5 Å². The van der Waals surface area contributed by atoms with E-state index in [-0.39, 0.29) is 0 Å². The molecule has 13 aromatic rings. The molecule has 3 heteroatoms. The second kappa shape index (κ2) is 9.81. The summed E-state index contributed by atoms with van der Waals surface area (Å²) in [4.78, 5) is 0. The first kappa shape index (κ1) is 27.6. The average Bonchev–Trinajstić information content (AvgIpc) is 3.93. The van der Waals surface area contributed by atoms with Gasteiger partial charge in [-0.05, 0) is 94.3 Å². The van der Waals surface area contributed by atoms with Gasteiger partial charge in [0.2, 0.25) is 0 Å². The van der Waals surface area contributed by atoms with Crippen LogP contribution in [0.3, 0.4) is 0 Å². The molecule has 0 fully saturated rings. The summed E-state index contributed by atoms with van der Waals surface area (Å²) in [5.74, 6) is 0. The van der Waals surface area contributed by atoms with Crippen molar-refractivity contribution in [1.29, 1.82) is 0 Å². The van der Waals surface area contributed by atoms with E-state index in [1.807, 2.05) is 0 Å². The van der Waals surface area contributed by atoms with E-state index in [4.69, 9.17) is 0 Å². The Hall–Kier alpha value is -7.10. The number of hydrogen-bond acceptors (Lipinski definition) is 0. The first-order valence-electron chi connectivity index (χ1n) is 18.4. The van der Waals surface area contributed by atoms with Gasteiger partial charge in [0.05, 0.1) is 38.6 Å². The van der Waals surface area contributed by atoms with Crippen LogP contribution in [0.25, 0.3) is 115 Å². The summed E-state index contributed by atoms with van der Waals surface area (Å²) in [6, 6.07) is 65.3. The molecule has 3 nitrogen and oxygen atoms in total. The fraction of sp³-hybridized carbons (Fsp3) is 0. The maximum absolute atomic E-state index is 2.52. The van der Waals surface area contributed by atoms with Crippen LogP contribution in [-0.4, -0.2) is 13.5 Å². The molecule has 0 unspecified atom stereocenters. The molecule has 0 atom stereocenters. The maximum Gasteiger partial charge on any atom is 0.0620 e. The third kappa shape index (κ3) is 3.53. The number of aromatic nitrogens is 3. The third-order valence-corrected chi connectivity index (χ3v) is 11.9. The number of para-hydroxylation sites is 5. The molecule has 0 spiro atoms. The van der Waals surface area contributed by atoms with Gasteiger partial charge in [0.15, 0.2) is 0 Å². The summed E-state index contributed by atoms with van der Waals surface area (Å²) >= 11 is 0. The van der Waals surface area contributed by atoms with Crippen LogP contribution >= 0.6 is 0 Å². The lowest BCUT2D eigenvalue weighted by atomic mass is 10.0. The Morgan fingerprint density at radius 1 is 0.245 bits per heavy atom. The zero-order valence-electron chi connectivity index (χ0n) is 28.6. The average molecular weight is 672 g/mol. The van der Waals surface area contributed by atoms with Gasteiger partial charge in [-0.2, -0.15) is 0 Å². The van der Waals surface area contributed by atoms with Gasteiger partial charge in [-0.1, -0.05) is 103 Å². The molecule has 0 aliphatic heterocycles. The van der Waals surface area contributed by atoms with Crippen LogP contribution in [0.15, 0.2) is 176 Å². The molecule has 0 radical (unpaired) electrons. The van der Waals surface area contributed by atoms with E-state index in [2.05, 4.69) is 189 Å². The number of benzene rings is 9. The molecular weight excluding hydrogens is 643 g/mol. The maximum atomic E-state index is 2.52. The number of rotatable bonds is 2. The minimum absolute atomic E-state index is 1.18. The smallest absolute Gasteiger partial charge is 0.0620 e. The van der Waals surface area contributed by atoms with E-state index < -0.39 is 0 Å². The van der Waals surface area contributed by atoms with Crippen molar-refractivity contribution in [2.24, 2.45) is 0 Å². The highest BCUT2D eigenvalue weighted by Gasteiger charge is 2.20. The predicted octanol–water partition coefficient (Wildman–Crippen LogP) is 13.3. The summed E-state index contributed by atoms with van der Waals surface area (Å²) in [5.41, 5.74) is 11.1. The van der Waals surface area contributed by atoms with Crippen molar-refractivity contribution in [3.05, 3.63) is 176 Å². The Balaban J connectivity index is 1.08. The van der Waals surface area contributed by atoms with Gasteiger partial charge >= 0.3 is 0 Å². The molecule has 0 amide bonds. The Morgan fingerprint density at radius 2 is 0.623 bits per heavy atom. The van der Waals surface area contributed by atoms with E-state index in [9.17, 15) is 0 Å². The van der Waals surface area contributed by atoms with Crippen LogP contribution < -0.4 is 0 Å². The highest BCUT2D eigenvalue weighted by molar-refractivity contribution is 6.26. The minimum Gasteiger partial charge on any atom is -0.309 e. The molecule has 0 bridgehead atoms. The van der Waals surface area contributed by atoms with Crippen molar-refractivity contribution >= 4 is 103 Å². The summed E-state index contributed by atoms with van der Waals surface area (Å²) < 4.78 is 7.35. The molecule has 13 rings (SSSR count). The summed E-state index contributed by atoms with van der Waals surface area (Å²) in [7, 11) is 0.